The Balaban J connectivity index is 2.15. The average Bonchev–Trinajstić information content (AvgIpc) is 2.52. The van der Waals surface area contributed by atoms with Gasteiger partial charge in [-0.1, -0.05) is 13.0 Å². The molecule has 0 spiro atoms. The first-order valence-corrected chi connectivity index (χ1v) is 7.68. The summed E-state index contributed by atoms with van der Waals surface area (Å²) in [6, 6.07) is 6.23. The van der Waals surface area contributed by atoms with Crippen LogP contribution < -0.4 is 10.1 Å². The van der Waals surface area contributed by atoms with Gasteiger partial charge in [0, 0.05) is 18.2 Å². The van der Waals surface area contributed by atoms with E-state index in [2.05, 4.69) is 10.1 Å². The highest BCUT2D eigenvalue weighted by atomic mass is 19.3. The minimum absolute atomic E-state index is 0.0163. The van der Waals surface area contributed by atoms with Crippen molar-refractivity contribution in [3.63, 3.8) is 0 Å². The van der Waals surface area contributed by atoms with E-state index >= 15 is 0 Å². The van der Waals surface area contributed by atoms with Gasteiger partial charge in [0.05, 0.1) is 0 Å². The summed E-state index contributed by atoms with van der Waals surface area (Å²) in [5, 5.41) is 3.28. The SMILES string of the molecule is CCCN(C(=O)c1cccc(OC(F)F)c1)C1CCNCC1. The predicted molar refractivity (Wildman–Crippen MR) is 80.3 cm³/mol. The van der Waals surface area contributed by atoms with Crippen LogP contribution in [0.15, 0.2) is 24.3 Å². The number of hydrogen-bond donors (Lipinski definition) is 1. The molecule has 0 aliphatic carbocycles. The van der Waals surface area contributed by atoms with Gasteiger partial charge in [-0.15, -0.1) is 0 Å². The van der Waals surface area contributed by atoms with Crippen molar-refractivity contribution < 1.29 is 18.3 Å². The van der Waals surface area contributed by atoms with Crippen molar-refractivity contribution >= 4 is 5.91 Å². The van der Waals surface area contributed by atoms with Crippen molar-refractivity contribution in [1.29, 1.82) is 0 Å². The first-order valence-electron chi connectivity index (χ1n) is 7.68. The summed E-state index contributed by atoms with van der Waals surface area (Å²) in [5.74, 6) is -0.101. The minimum atomic E-state index is -2.89. The van der Waals surface area contributed by atoms with Crippen molar-refractivity contribution in [3.8, 4) is 5.75 Å². The zero-order valence-electron chi connectivity index (χ0n) is 12.7. The van der Waals surface area contributed by atoms with E-state index in [1.165, 1.54) is 12.1 Å². The number of alkyl halides is 2. The summed E-state index contributed by atoms with van der Waals surface area (Å²) in [6.45, 7) is 1.60. The topological polar surface area (TPSA) is 41.6 Å². The van der Waals surface area contributed by atoms with E-state index in [9.17, 15) is 13.6 Å². The van der Waals surface area contributed by atoms with Gasteiger partial charge in [0.25, 0.3) is 5.91 Å². The van der Waals surface area contributed by atoms with Crippen molar-refractivity contribution in [2.45, 2.75) is 38.8 Å². The van der Waals surface area contributed by atoms with Crippen molar-refractivity contribution in [1.82, 2.24) is 10.2 Å². The average molecular weight is 312 g/mol. The van der Waals surface area contributed by atoms with Crippen LogP contribution in [0.4, 0.5) is 8.78 Å². The number of piperidine rings is 1. The molecular formula is C16H22F2N2O2. The Labute approximate surface area is 129 Å². The molecular weight excluding hydrogens is 290 g/mol. The molecule has 1 aliphatic heterocycles. The third-order valence-electron chi connectivity index (χ3n) is 3.78. The van der Waals surface area contributed by atoms with E-state index in [-0.39, 0.29) is 17.7 Å². The lowest BCUT2D eigenvalue weighted by molar-refractivity contribution is -0.0499. The molecule has 6 heteroatoms. The van der Waals surface area contributed by atoms with Gasteiger partial charge in [0.15, 0.2) is 0 Å². The zero-order valence-corrected chi connectivity index (χ0v) is 12.7. The Bertz CT molecular complexity index is 491. The summed E-state index contributed by atoms with van der Waals surface area (Å²) >= 11 is 0. The molecule has 2 rings (SSSR count). The number of ether oxygens (including phenoxy) is 1. The van der Waals surface area contributed by atoms with Crippen LogP contribution >= 0.6 is 0 Å². The zero-order chi connectivity index (χ0) is 15.9. The van der Waals surface area contributed by atoms with E-state index < -0.39 is 6.61 Å². The molecule has 1 saturated heterocycles. The molecule has 0 atom stereocenters. The lowest BCUT2D eigenvalue weighted by atomic mass is 10.0. The largest absolute Gasteiger partial charge is 0.435 e. The number of halogens is 2. The van der Waals surface area contributed by atoms with Crippen molar-refractivity contribution in [3.05, 3.63) is 29.8 Å². The number of benzene rings is 1. The van der Waals surface area contributed by atoms with Crippen LogP contribution in [0.1, 0.15) is 36.5 Å². The number of rotatable bonds is 6. The molecule has 0 bridgehead atoms. The fourth-order valence-corrected chi connectivity index (χ4v) is 2.78. The summed E-state index contributed by atoms with van der Waals surface area (Å²) in [4.78, 5) is 14.6. The van der Waals surface area contributed by atoms with E-state index in [0.717, 1.165) is 32.4 Å². The third kappa shape index (κ3) is 4.40. The van der Waals surface area contributed by atoms with Gasteiger partial charge in [-0.2, -0.15) is 8.78 Å². The van der Waals surface area contributed by atoms with Gasteiger partial charge in [-0.3, -0.25) is 4.79 Å². The monoisotopic (exact) mass is 312 g/mol. The van der Waals surface area contributed by atoms with Crippen molar-refractivity contribution in [2.75, 3.05) is 19.6 Å². The van der Waals surface area contributed by atoms with Crippen LogP contribution in [0.3, 0.4) is 0 Å². The molecule has 1 heterocycles. The lowest BCUT2D eigenvalue weighted by Crippen LogP contribution is -2.46. The van der Waals surface area contributed by atoms with Gasteiger partial charge < -0.3 is 15.0 Å². The highest BCUT2D eigenvalue weighted by molar-refractivity contribution is 5.94. The molecule has 122 valence electrons. The van der Waals surface area contributed by atoms with Crippen LogP contribution in [0.2, 0.25) is 0 Å². The fraction of sp³-hybridized carbons (Fsp3) is 0.562. The molecule has 1 aromatic rings. The van der Waals surface area contributed by atoms with Crippen LogP contribution in [-0.2, 0) is 0 Å². The van der Waals surface area contributed by atoms with Crippen LogP contribution in [0.5, 0.6) is 5.75 Å². The second-order valence-corrected chi connectivity index (χ2v) is 5.39. The molecule has 0 radical (unpaired) electrons. The molecule has 1 fully saturated rings. The smallest absolute Gasteiger partial charge is 0.387 e. The van der Waals surface area contributed by atoms with Gasteiger partial charge in [0.1, 0.15) is 5.75 Å². The quantitative estimate of drug-likeness (QED) is 0.878. The fourth-order valence-electron chi connectivity index (χ4n) is 2.78. The normalized spacial score (nSPS) is 15.8. The van der Waals surface area contributed by atoms with E-state index in [1.807, 2.05) is 11.8 Å². The maximum Gasteiger partial charge on any atom is 0.387 e. The Morgan fingerprint density at radius 2 is 2.14 bits per heavy atom. The molecule has 1 aliphatic rings. The van der Waals surface area contributed by atoms with E-state index in [0.29, 0.717) is 12.1 Å². The molecule has 0 aromatic heterocycles. The molecule has 1 aromatic carbocycles. The predicted octanol–water partition coefficient (Wildman–Crippen LogP) is 2.89. The molecule has 1 N–H and O–H groups in total. The van der Waals surface area contributed by atoms with Gasteiger partial charge in [0.2, 0.25) is 0 Å². The Morgan fingerprint density at radius 1 is 1.41 bits per heavy atom. The summed E-state index contributed by atoms with van der Waals surface area (Å²) in [5.41, 5.74) is 0.394. The number of nitrogens with one attached hydrogen (secondary N) is 1. The van der Waals surface area contributed by atoms with Crippen molar-refractivity contribution in [2.24, 2.45) is 0 Å². The minimum Gasteiger partial charge on any atom is -0.435 e. The molecule has 0 saturated carbocycles. The van der Waals surface area contributed by atoms with E-state index in [1.54, 1.807) is 12.1 Å². The second kappa shape index (κ2) is 8.08. The lowest BCUT2D eigenvalue weighted by Gasteiger charge is -2.34. The van der Waals surface area contributed by atoms with Gasteiger partial charge >= 0.3 is 6.61 Å². The second-order valence-electron chi connectivity index (χ2n) is 5.39. The summed E-state index contributed by atoms with van der Waals surface area (Å²) < 4.78 is 29.0. The Kier molecular flexibility index (Phi) is 6.12. The molecule has 4 nitrogen and oxygen atoms in total. The number of carbonyl (C=O) groups is 1. The third-order valence-corrected chi connectivity index (χ3v) is 3.78. The Hall–Kier alpha value is -1.69. The highest BCUT2D eigenvalue weighted by Crippen LogP contribution is 2.20. The summed E-state index contributed by atoms with van der Waals surface area (Å²) in [7, 11) is 0. The van der Waals surface area contributed by atoms with Crippen LogP contribution in [-0.4, -0.2) is 43.1 Å². The summed E-state index contributed by atoms with van der Waals surface area (Å²) in [6.07, 6.45) is 2.70. The molecule has 22 heavy (non-hydrogen) atoms. The highest BCUT2D eigenvalue weighted by Gasteiger charge is 2.25. The first kappa shape index (κ1) is 16.7. The van der Waals surface area contributed by atoms with Gasteiger partial charge in [-0.05, 0) is 50.6 Å². The number of amides is 1. The maximum absolute atomic E-state index is 12.7. The maximum atomic E-state index is 12.7. The van der Waals surface area contributed by atoms with Crippen LogP contribution in [0.25, 0.3) is 0 Å². The molecule has 0 unspecified atom stereocenters. The first-order chi connectivity index (χ1) is 10.6. The number of carbonyl (C=O) groups excluding carboxylic acids is 1. The number of nitrogens with zero attached hydrogens (tertiary/aromatic N) is 1. The van der Waals surface area contributed by atoms with E-state index in [4.69, 9.17) is 0 Å². The van der Waals surface area contributed by atoms with Crippen LogP contribution in [0, 0.1) is 0 Å². The standard InChI is InChI=1S/C16H22F2N2O2/c1-2-10-20(13-6-8-19-9-7-13)15(21)12-4-3-5-14(11-12)22-16(17)18/h3-5,11,13,16,19H,2,6-10H2,1H3. The number of hydrogen-bond acceptors (Lipinski definition) is 3. The van der Waals surface area contributed by atoms with Gasteiger partial charge in [-0.25, -0.2) is 0 Å². The molecule has 1 amide bonds. The Morgan fingerprint density at radius 3 is 2.77 bits per heavy atom.